The molecule has 1 aromatic heterocycles. The molecule has 0 amide bonds. The van der Waals surface area contributed by atoms with Crippen molar-refractivity contribution in [2.24, 2.45) is 5.41 Å². The van der Waals surface area contributed by atoms with Crippen LogP contribution in [0, 0.1) is 5.41 Å². The Hall–Kier alpha value is -2.44. The maximum atomic E-state index is 12.6. The van der Waals surface area contributed by atoms with Gasteiger partial charge in [0.05, 0.1) is 28.7 Å². The number of halogens is 3. The number of carbonyl (C=O) groups is 2. The van der Waals surface area contributed by atoms with E-state index in [1.165, 1.54) is 23.0 Å². The first-order valence-corrected chi connectivity index (χ1v) is 6.95. The predicted octanol–water partition coefficient (Wildman–Crippen LogP) is 3.23. The summed E-state index contributed by atoms with van der Waals surface area (Å²) in [6.45, 7) is 3.33. The van der Waals surface area contributed by atoms with Crippen molar-refractivity contribution in [3.63, 3.8) is 0 Å². The molecule has 2 aromatic rings. The van der Waals surface area contributed by atoms with Crippen LogP contribution in [0.5, 0.6) is 0 Å². The highest BCUT2D eigenvalue weighted by atomic mass is 19.4. The minimum absolute atomic E-state index is 0.217. The molecule has 4 nitrogen and oxygen atoms in total. The van der Waals surface area contributed by atoms with Crippen molar-refractivity contribution in [1.82, 2.24) is 9.78 Å². The highest BCUT2D eigenvalue weighted by molar-refractivity contribution is 6.46. The number of fused-ring (bicyclic) bond motifs is 1. The van der Waals surface area contributed by atoms with Crippen LogP contribution >= 0.6 is 0 Å². The third-order valence-electron chi connectivity index (χ3n) is 3.98. The van der Waals surface area contributed by atoms with Crippen molar-refractivity contribution >= 4 is 11.6 Å². The fraction of sp³-hybridized carbons (Fsp3) is 0.312. The van der Waals surface area contributed by atoms with Crippen LogP contribution in [0.4, 0.5) is 13.2 Å². The van der Waals surface area contributed by atoms with E-state index in [2.05, 4.69) is 5.10 Å². The molecular formula is C16H13F3N2O2. The maximum Gasteiger partial charge on any atom is 0.416 e. The third kappa shape index (κ3) is 2.46. The molecule has 0 saturated carbocycles. The fourth-order valence-electron chi connectivity index (χ4n) is 2.68. The molecule has 0 saturated heterocycles. The van der Waals surface area contributed by atoms with Gasteiger partial charge >= 0.3 is 6.18 Å². The molecule has 120 valence electrons. The van der Waals surface area contributed by atoms with E-state index in [1.54, 1.807) is 13.8 Å². The molecule has 3 rings (SSSR count). The molecule has 0 bridgehead atoms. The smallest absolute Gasteiger partial charge is 0.290 e. The molecule has 0 spiro atoms. The first-order chi connectivity index (χ1) is 10.6. The average molecular weight is 322 g/mol. The SMILES string of the molecule is CC1(C)Cc2c(cnn2-c2ccc(C(F)(F)F)cc2)C(=O)C1=O. The van der Waals surface area contributed by atoms with Gasteiger partial charge in [-0.3, -0.25) is 9.59 Å². The Morgan fingerprint density at radius 1 is 1.13 bits per heavy atom. The van der Waals surface area contributed by atoms with Crippen molar-refractivity contribution in [3.8, 4) is 5.69 Å². The summed E-state index contributed by atoms with van der Waals surface area (Å²) >= 11 is 0. The fourth-order valence-corrected chi connectivity index (χ4v) is 2.68. The summed E-state index contributed by atoms with van der Waals surface area (Å²) in [6.07, 6.45) is -2.82. The number of aromatic nitrogens is 2. The topological polar surface area (TPSA) is 52.0 Å². The number of rotatable bonds is 1. The van der Waals surface area contributed by atoms with E-state index in [4.69, 9.17) is 0 Å². The quantitative estimate of drug-likeness (QED) is 0.758. The van der Waals surface area contributed by atoms with Gasteiger partial charge in [0.15, 0.2) is 0 Å². The monoisotopic (exact) mass is 322 g/mol. The second-order valence-corrected chi connectivity index (χ2v) is 6.18. The molecule has 1 aliphatic carbocycles. The molecule has 1 aromatic carbocycles. The molecular weight excluding hydrogens is 309 g/mol. The highest BCUT2D eigenvalue weighted by Gasteiger charge is 2.42. The van der Waals surface area contributed by atoms with E-state index in [0.717, 1.165) is 12.1 Å². The zero-order valence-corrected chi connectivity index (χ0v) is 12.4. The van der Waals surface area contributed by atoms with E-state index in [-0.39, 0.29) is 5.56 Å². The van der Waals surface area contributed by atoms with Gasteiger partial charge in [-0.1, -0.05) is 13.8 Å². The van der Waals surface area contributed by atoms with E-state index in [0.29, 0.717) is 17.8 Å². The van der Waals surface area contributed by atoms with Crippen LogP contribution in [-0.2, 0) is 17.4 Å². The summed E-state index contributed by atoms with van der Waals surface area (Å²) in [5.41, 5.74) is -0.437. The van der Waals surface area contributed by atoms with Crippen LogP contribution in [-0.4, -0.2) is 21.3 Å². The van der Waals surface area contributed by atoms with Gasteiger partial charge in [-0.15, -0.1) is 0 Å². The molecule has 0 atom stereocenters. The normalized spacial score (nSPS) is 17.3. The average Bonchev–Trinajstić information content (AvgIpc) is 2.87. The molecule has 1 aliphatic rings. The zero-order chi connectivity index (χ0) is 17.0. The van der Waals surface area contributed by atoms with Crippen LogP contribution in [0.1, 0.15) is 35.5 Å². The summed E-state index contributed by atoms with van der Waals surface area (Å²) in [7, 11) is 0. The van der Waals surface area contributed by atoms with Gasteiger partial charge in [-0.2, -0.15) is 18.3 Å². The van der Waals surface area contributed by atoms with Crippen LogP contribution in [0.2, 0.25) is 0 Å². The summed E-state index contributed by atoms with van der Waals surface area (Å²) in [5, 5.41) is 4.07. The lowest BCUT2D eigenvalue weighted by Gasteiger charge is -2.27. The van der Waals surface area contributed by atoms with Crippen LogP contribution in [0.15, 0.2) is 30.5 Å². The molecule has 7 heteroatoms. The summed E-state index contributed by atoms with van der Waals surface area (Å²) in [4.78, 5) is 24.1. The zero-order valence-electron chi connectivity index (χ0n) is 12.4. The number of alkyl halides is 3. The van der Waals surface area contributed by atoms with Crippen molar-refractivity contribution in [3.05, 3.63) is 47.3 Å². The molecule has 0 fully saturated rings. The minimum atomic E-state index is -4.41. The van der Waals surface area contributed by atoms with Crippen molar-refractivity contribution < 1.29 is 22.8 Å². The number of ketones is 2. The number of benzene rings is 1. The molecule has 23 heavy (non-hydrogen) atoms. The van der Waals surface area contributed by atoms with E-state index in [9.17, 15) is 22.8 Å². The van der Waals surface area contributed by atoms with E-state index >= 15 is 0 Å². The molecule has 0 N–H and O–H groups in total. The van der Waals surface area contributed by atoms with Crippen molar-refractivity contribution in [2.45, 2.75) is 26.4 Å². The first kappa shape index (κ1) is 15.5. The van der Waals surface area contributed by atoms with Gasteiger partial charge in [0.25, 0.3) is 0 Å². The Bertz CT molecular complexity index is 802. The van der Waals surface area contributed by atoms with Crippen LogP contribution < -0.4 is 0 Å². The van der Waals surface area contributed by atoms with Crippen molar-refractivity contribution in [2.75, 3.05) is 0 Å². The highest BCUT2D eigenvalue weighted by Crippen LogP contribution is 2.34. The van der Waals surface area contributed by atoms with Gasteiger partial charge in [0.1, 0.15) is 0 Å². The molecule has 0 unspecified atom stereocenters. The molecule has 0 radical (unpaired) electrons. The summed E-state index contributed by atoms with van der Waals surface area (Å²) < 4.78 is 39.3. The summed E-state index contributed by atoms with van der Waals surface area (Å²) in [6, 6.07) is 4.52. The molecule has 1 heterocycles. The lowest BCUT2D eigenvalue weighted by atomic mass is 9.75. The molecule has 0 aliphatic heterocycles. The second-order valence-electron chi connectivity index (χ2n) is 6.18. The third-order valence-corrected chi connectivity index (χ3v) is 3.98. The lowest BCUT2D eigenvalue weighted by Crippen LogP contribution is -2.38. The Morgan fingerprint density at radius 3 is 2.30 bits per heavy atom. The number of hydrogen-bond acceptors (Lipinski definition) is 3. The Morgan fingerprint density at radius 2 is 1.74 bits per heavy atom. The van der Waals surface area contributed by atoms with Crippen LogP contribution in [0.25, 0.3) is 5.69 Å². The number of nitrogens with zero attached hydrogens (tertiary/aromatic N) is 2. The Kier molecular flexibility index (Phi) is 3.21. The van der Waals surface area contributed by atoms with E-state index in [1.807, 2.05) is 0 Å². The van der Waals surface area contributed by atoms with Crippen LogP contribution in [0.3, 0.4) is 0 Å². The van der Waals surface area contributed by atoms with Gasteiger partial charge in [-0.25, -0.2) is 4.68 Å². The predicted molar refractivity (Wildman–Crippen MR) is 75.4 cm³/mol. The Labute approximate surface area is 129 Å². The standard InChI is InChI=1S/C16H13F3N2O2/c1-15(2)7-12-11(13(22)14(15)23)8-20-21(12)10-5-3-9(4-6-10)16(17,18)19/h3-6,8H,7H2,1-2H3. The summed E-state index contributed by atoms with van der Waals surface area (Å²) in [5.74, 6) is -1.08. The number of carbonyl (C=O) groups excluding carboxylic acids is 2. The van der Waals surface area contributed by atoms with Crippen molar-refractivity contribution in [1.29, 1.82) is 0 Å². The number of hydrogen-bond donors (Lipinski definition) is 0. The lowest BCUT2D eigenvalue weighted by molar-refractivity contribution is -0.137. The largest absolute Gasteiger partial charge is 0.416 e. The second kappa shape index (κ2) is 4.78. The van der Waals surface area contributed by atoms with Gasteiger partial charge in [0, 0.05) is 11.8 Å². The van der Waals surface area contributed by atoms with Gasteiger partial charge in [0.2, 0.25) is 11.6 Å². The first-order valence-electron chi connectivity index (χ1n) is 6.95. The van der Waals surface area contributed by atoms with Gasteiger partial charge < -0.3 is 0 Å². The van der Waals surface area contributed by atoms with Gasteiger partial charge in [-0.05, 0) is 24.3 Å². The number of Topliss-reactive ketones (excluding diaryl/α,β-unsaturated/α-hetero) is 2. The maximum absolute atomic E-state index is 12.6. The van der Waals surface area contributed by atoms with E-state index < -0.39 is 28.7 Å². The minimum Gasteiger partial charge on any atom is -0.290 e. The Balaban J connectivity index is 2.06.